The standard InChI is InChI=1S/C13H11Cl2N3O/c1-7-2-4-9(12(16)17)13(18-7)19-8-3-5-10(14)11(15)6-8/h2-6H,1H3,(H3,16,17). The van der Waals surface area contributed by atoms with E-state index in [9.17, 15) is 0 Å². The minimum atomic E-state index is -0.109. The van der Waals surface area contributed by atoms with Gasteiger partial charge in [-0.2, -0.15) is 0 Å². The molecule has 0 fully saturated rings. The summed E-state index contributed by atoms with van der Waals surface area (Å²) in [6, 6.07) is 8.33. The molecule has 0 radical (unpaired) electrons. The lowest BCUT2D eigenvalue weighted by molar-refractivity contribution is 0.460. The molecule has 0 aliphatic rings. The SMILES string of the molecule is Cc1ccc(C(=N)N)c(Oc2ccc(Cl)c(Cl)c2)n1. The summed E-state index contributed by atoms with van der Waals surface area (Å²) < 4.78 is 5.61. The Morgan fingerprint density at radius 1 is 1.21 bits per heavy atom. The summed E-state index contributed by atoms with van der Waals surface area (Å²) in [7, 11) is 0. The third-order valence-corrected chi connectivity index (χ3v) is 3.13. The van der Waals surface area contributed by atoms with Crippen LogP contribution >= 0.6 is 23.2 Å². The molecule has 98 valence electrons. The quantitative estimate of drug-likeness (QED) is 0.669. The van der Waals surface area contributed by atoms with Gasteiger partial charge in [-0.1, -0.05) is 23.2 Å². The van der Waals surface area contributed by atoms with Crippen molar-refractivity contribution < 1.29 is 4.74 Å². The van der Waals surface area contributed by atoms with Crippen molar-refractivity contribution in [3.63, 3.8) is 0 Å². The highest BCUT2D eigenvalue weighted by atomic mass is 35.5. The number of halogens is 2. The summed E-state index contributed by atoms with van der Waals surface area (Å²) in [6.07, 6.45) is 0. The first-order valence-electron chi connectivity index (χ1n) is 5.42. The molecular formula is C13H11Cl2N3O. The van der Waals surface area contributed by atoms with Crippen LogP contribution in [0.3, 0.4) is 0 Å². The maximum Gasteiger partial charge on any atom is 0.230 e. The molecule has 1 heterocycles. The third-order valence-electron chi connectivity index (χ3n) is 2.40. The molecule has 2 rings (SSSR count). The summed E-state index contributed by atoms with van der Waals surface area (Å²) >= 11 is 11.7. The normalized spacial score (nSPS) is 10.3. The van der Waals surface area contributed by atoms with Crippen molar-refractivity contribution in [2.24, 2.45) is 5.73 Å². The van der Waals surface area contributed by atoms with Crippen molar-refractivity contribution in [1.29, 1.82) is 5.41 Å². The number of nitrogens with one attached hydrogen (secondary N) is 1. The van der Waals surface area contributed by atoms with Gasteiger partial charge in [0.15, 0.2) is 0 Å². The summed E-state index contributed by atoms with van der Waals surface area (Å²) in [5.74, 6) is 0.642. The van der Waals surface area contributed by atoms with Crippen LogP contribution in [0.25, 0.3) is 0 Å². The number of aromatic nitrogens is 1. The number of nitrogens with zero attached hydrogens (tertiary/aromatic N) is 1. The number of pyridine rings is 1. The molecule has 2 aromatic rings. The zero-order chi connectivity index (χ0) is 14.0. The van der Waals surface area contributed by atoms with E-state index in [0.717, 1.165) is 5.69 Å². The zero-order valence-corrected chi connectivity index (χ0v) is 11.6. The Labute approximate surface area is 120 Å². The molecule has 0 saturated carbocycles. The minimum absolute atomic E-state index is 0.109. The Morgan fingerprint density at radius 2 is 1.95 bits per heavy atom. The van der Waals surface area contributed by atoms with Crippen LogP contribution in [0, 0.1) is 12.3 Å². The van der Waals surface area contributed by atoms with Gasteiger partial charge in [0.1, 0.15) is 11.6 Å². The van der Waals surface area contributed by atoms with E-state index < -0.39 is 0 Å². The Balaban J connectivity index is 2.39. The van der Waals surface area contributed by atoms with Gasteiger partial charge in [-0.15, -0.1) is 0 Å². The van der Waals surface area contributed by atoms with Crippen molar-refractivity contribution in [3.8, 4) is 11.6 Å². The summed E-state index contributed by atoms with van der Waals surface area (Å²) in [4.78, 5) is 4.22. The van der Waals surface area contributed by atoms with Crippen molar-refractivity contribution in [3.05, 3.63) is 51.6 Å². The van der Waals surface area contributed by atoms with Crippen LogP contribution in [-0.4, -0.2) is 10.8 Å². The molecule has 19 heavy (non-hydrogen) atoms. The third kappa shape index (κ3) is 3.16. The number of amidine groups is 1. The number of hydrogen-bond donors (Lipinski definition) is 2. The Kier molecular flexibility index (Phi) is 3.93. The molecule has 0 saturated heterocycles. The van der Waals surface area contributed by atoms with E-state index in [1.807, 2.05) is 6.92 Å². The van der Waals surface area contributed by atoms with Gasteiger partial charge in [0.25, 0.3) is 0 Å². The predicted molar refractivity (Wildman–Crippen MR) is 76.5 cm³/mol. The average molecular weight is 296 g/mol. The second-order valence-corrected chi connectivity index (χ2v) is 4.71. The lowest BCUT2D eigenvalue weighted by Crippen LogP contribution is -2.13. The van der Waals surface area contributed by atoms with Gasteiger partial charge in [0.2, 0.25) is 5.88 Å². The van der Waals surface area contributed by atoms with Gasteiger partial charge in [0.05, 0.1) is 15.6 Å². The number of aryl methyl sites for hydroxylation is 1. The zero-order valence-electron chi connectivity index (χ0n) is 10.1. The number of rotatable bonds is 3. The van der Waals surface area contributed by atoms with Crippen LogP contribution in [0.4, 0.5) is 0 Å². The first-order valence-corrected chi connectivity index (χ1v) is 6.18. The van der Waals surface area contributed by atoms with Crippen molar-refractivity contribution in [2.75, 3.05) is 0 Å². The van der Waals surface area contributed by atoms with E-state index in [4.69, 9.17) is 39.1 Å². The Bertz CT molecular complexity index is 644. The maximum atomic E-state index is 7.50. The van der Waals surface area contributed by atoms with E-state index in [2.05, 4.69) is 4.98 Å². The smallest absolute Gasteiger partial charge is 0.230 e. The number of benzene rings is 1. The van der Waals surface area contributed by atoms with Crippen LogP contribution in [0.5, 0.6) is 11.6 Å². The Morgan fingerprint density at radius 3 is 2.58 bits per heavy atom. The van der Waals surface area contributed by atoms with Gasteiger partial charge in [-0.05, 0) is 31.2 Å². The number of nitrogens with two attached hydrogens (primary N) is 1. The minimum Gasteiger partial charge on any atom is -0.438 e. The highest BCUT2D eigenvalue weighted by Crippen LogP contribution is 2.30. The van der Waals surface area contributed by atoms with Crippen LogP contribution in [0.2, 0.25) is 10.0 Å². The van der Waals surface area contributed by atoms with Gasteiger partial charge >= 0.3 is 0 Å². The molecule has 0 bridgehead atoms. The molecule has 0 unspecified atom stereocenters. The predicted octanol–water partition coefficient (Wildman–Crippen LogP) is 3.77. The number of nitrogen functional groups attached to an aromatic ring is 1. The van der Waals surface area contributed by atoms with Gasteiger partial charge in [-0.3, -0.25) is 5.41 Å². The van der Waals surface area contributed by atoms with Crippen LogP contribution in [0.1, 0.15) is 11.3 Å². The summed E-state index contributed by atoms with van der Waals surface area (Å²) in [5.41, 5.74) is 6.68. The van der Waals surface area contributed by atoms with E-state index in [1.165, 1.54) is 0 Å². The van der Waals surface area contributed by atoms with Gasteiger partial charge < -0.3 is 10.5 Å². The lowest BCUT2D eigenvalue weighted by atomic mass is 10.2. The summed E-state index contributed by atoms with van der Waals surface area (Å²) in [5, 5.41) is 8.33. The topological polar surface area (TPSA) is 72.0 Å². The molecule has 4 nitrogen and oxygen atoms in total. The average Bonchev–Trinajstić information content (AvgIpc) is 2.33. The van der Waals surface area contributed by atoms with E-state index in [1.54, 1.807) is 30.3 Å². The fourth-order valence-corrected chi connectivity index (χ4v) is 1.76. The molecule has 1 aromatic heterocycles. The molecule has 1 aromatic carbocycles. The fraction of sp³-hybridized carbons (Fsp3) is 0.0769. The fourth-order valence-electron chi connectivity index (χ4n) is 1.47. The molecule has 0 aliphatic heterocycles. The molecule has 0 amide bonds. The molecule has 0 aliphatic carbocycles. The Hall–Kier alpha value is -1.78. The molecule has 0 spiro atoms. The summed E-state index contributed by atoms with van der Waals surface area (Å²) in [6.45, 7) is 1.83. The van der Waals surface area contributed by atoms with E-state index >= 15 is 0 Å². The van der Waals surface area contributed by atoms with Crippen molar-refractivity contribution in [2.45, 2.75) is 6.92 Å². The molecule has 3 N–H and O–H groups in total. The highest BCUT2D eigenvalue weighted by molar-refractivity contribution is 6.42. The van der Waals surface area contributed by atoms with Gasteiger partial charge in [0, 0.05) is 11.8 Å². The largest absolute Gasteiger partial charge is 0.438 e. The van der Waals surface area contributed by atoms with Crippen molar-refractivity contribution >= 4 is 29.0 Å². The van der Waals surface area contributed by atoms with E-state index in [-0.39, 0.29) is 11.7 Å². The first-order chi connectivity index (χ1) is 8.97. The molecule has 6 heteroatoms. The van der Waals surface area contributed by atoms with Crippen molar-refractivity contribution in [1.82, 2.24) is 4.98 Å². The molecule has 0 atom stereocenters. The number of hydrogen-bond acceptors (Lipinski definition) is 3. The van der Waals surface area contributed by atoms with Crippen LogP contribution in [0.15, 0.2) is 30.3 Å². The second-order valence-electron chi connectivity index (χ2n) is 3.90. The van der Waals surface area contributed by atoms with E-state index in [0.29, 0.717) is 21.4 Å². The highest BCUT2D eigenvalue weighted by Gasteiger charge is 2.10. The lowest BCUT2D eigenvalue weighted by Gasteiger charge is -2.10. The monoisotopic (exact) mass is 295 g/mol. The number of ether oxygens (including phenoxy) is 1. The van der Waals surface area contributed by atoms with Crippen LogP contribution in [-0.2, 0) is 0 Å². The maximum absolute atomic E-state index is 7.50. The van der Waals surface area contributed by atoms with Gasteiger partial charge in [-0.25, -0.2) is 4.98 Å². The molecular weight excluding hydrogens is 285 g/mol. The second kappa shape index (κ2) is 5.47. The first kappa shape index (κ1) is 13.6. The van der Waals surface area contributed by atoms with Crippen LogP contribution < -0.4 is 10.5 Å².